The lowest BCUT2D eigenvalue weighted by Gasteiger charge is -2.05. The van der Waals surface area contributed by atoms with Crippen molar-refractivity contribution in [2.24, 2.45) is 0 Å². The third-order valence-corrected chi connectivity index (χ3v) is 3.68. The Kier molecular flexibility index (Phi) is 3.86. The Hall–Kier alpha value is -1.26. The smallest absolute Gasteiger partial charge is 0.132 e. The van der Waals surface area contributed by atoms with Gasteiger partial charge in [0.05, 0.1) is 10.7 Å². The van der Waals surface area contributed by atoms with Crippen LogP contribution in [0.3, 0.4) is 0 Å². The summed E-state index contributed by atoms with van der Waals surface area (Å²) in [5, 5.41) is 6.07. The molecule has 17 heavy (non-hydrogen) atoms. The van der Waals surface area contributed by atoms with Gasteiger partial charge in [0.2, 0.25) is 0 Å². The molecule has 90 valence electrons. The van der Waals surface area contributed by atoms with E-state index in [0.717, 1.165) is 17.2 Å². The van der Waals surface area contributed by atoms with Crippen LogP contribution in [0.25, 0.3) is 11.3 Å². The molecule has 1 heterocycles. The van der Waals surface area contributed by atoms with Crippen LogP contribution in [0, 0.1) is 5.82 Å². The minimum absolute atomic E-state index is 0.217. The summed E-state index contributed by atoms with van der Waals surface area (Å²) < 4.78 is 13.6. The zero-order chi connectivity index (χ0) is 12.3. The summed E-state index contributed by atoms with van der Waals surface area (Å²) in [6.07, 6.45) is 0. The van der Waals surface area contributed by atoms with Crippen LogP contribution in [0.4, 0.5) is 4.39 Å². The van der Waals surface area contributed by atoms with E-state index in [1.165, 1.54) is 6.07 Å². The molecule has 1 N–H and O–H groups in total. The van der Waals surface area contributed by atoms with Crippen molar-refractivity contribution in [3.05, 3.63) is 40.5 Å². The first-order valence-corrected chi connectivity index (χ1v) is 6.45. The zero-order valence-electron chi connectivity index (χ0n) is 9.90. The molecule has 0 radical (unpaired) electrons. The molecule has 0 aliphatic carbocycles. The van der Waals surface area contributed by atoms with E-state index in [2.05, 4.69) is 17.2 Å². The normalized spacial score (nSPS) is 12.6. The highest BCUT2D eigenvalue weighted by Crippen LogP contribution is 2.27. The Morgan fingerprint density at radius 3 is 2.88 bits per heavy atom. The number of nitrogens with zero attached hydrogens (tertiary/aromatic N) is 1. The monoisotopic (exact) mass is 250 g/mol. The molecular weight excluding hydrogens is 235 g/mol. The molecule has 0 aliphatic rings. The highest BCUT2D eigenvalue weighted by atomic mass is 32.1. The second-order valence-corrected chi connectivity index (χ2v) is 4.90. The predicted molar refractivity (Wildman–Crippen MR) is 69.8 cm³/mol. The zero-order valence-corrected chi connectivity index (χ0v) is 10.7. The second-order valence-electron chi connectivity index (χ2n) is 4.01. The van der Waals surface area contributed by atoms with E-state index in [9.17, 15) is 4.39 Å². The first-order chi connectivity index (χ1) is 8.22. The predicted octanol–water partition coefficient (Wildman–Crippen LogP) is 3.27. The number of benzene rings is 1. The molecule has 1 atom stereocenters. The summed E-state index contributed by atoms with van der Waals surface area (Å²) in [6, 6.07) is 6.74. The third kappa shape index (κ3) is 2.70. The van der Waals surface area contributed by atoms with Crippen LogP contribution >= 0.6 is 11.3 Å². The van der Waals surface area contributed by atoms with Crippen molar-refractivity contribution in [3.63, 3.8) is 0 Å². The molecule has 0 fully saturated rings. The van der Waals surface area contributed by atoms with Crippen LogP contribution in [-0.2, 0) is 0 Å². The Morgan fingerprint density at radius 1 is 1.41 bits per heavy atom. The fourth-order valence-electron chi connectivity index (χ4n) is 1.70. The van der Waals surface area contributed by atoms with Crippen molar-refractivity contribution in [3.8, 4) is 11.3 Å². The quantitative estimate of drug-likeness (QED) is 0.900. The molecule has 2 rings (SSSR count). The van der Waals surface area contributed by atoms with Crippen LogP contribution in [0.1, 0.15) is 17.8 Å². The second kappa shape index (κ2) is 5.38. The molecule has 1 aromatic heterocycles. The van der Waals surface area contributed by atoms with Crippen molar-refractivity contribution in [1.82, 2.24) is 10.3 Å². The highest BCUT2D eigenvalue weighted by Gasteiger charge is 2.12. The maximum atomic E-state index is 13.6. The van der Waals surface area contributed by atoms with Gasteiger partial charge in [0.1, 0.15) is 5.82 Å². The Labute approximate surface area is 105 Å². The molecule has 0 aliphatic heterocycles. The minimum Gasteiger partial charge on any atom is -0.319 e. The molecule has 2 aromatic rings. The Bertz CT molecular complexity index is 496. The molecule has 4 heteroatoms. The van der Waals surface area contributed by atoms with Gasteiger partial charge in [0, 0.05) is 23.4 Å². The maximum absolute atomic E-state index is 13.6. The van der Waals surface area contributed by atoms with E-state index < -0.39 is 0 Å². The van der Waals surface area contributed by atoms with Gasteiger partial charge in [-0.05, 0) is 19.2 Å². The van der Waals surface area contributed by atoms with E-state index in [-0.39, 0.29) is 5.82 Å². The largest absolute Gasteiger partial charge is 0.319 e. The lowest BCUT2D eigenvalue weighted by Crippen LogP contribution is -2.14. The molecule has 0 bridgehead atoms. The molecule has 1 unspecified atom stereocenters. The Morgan fingerprint density at radius 2 is 2.18 bits per heavy atom. The molecular formula is C13H15FN2S. The molecule has 1 aromatic carbocycles. The topological polar surface area (TPSA) is 24.9 Å². The number of aromatic nitrogens is 1. The molecule has 2 nitrogen and oxygen atoms in total. The van der Waals surface area contributed by atoms with Crippen LogP contribution in [0.5, 0.6) is 0 Å². The van der Waals surface area contributed by atoms with Gasteiger partial charge in [0.15, 0.2) is 0 Å². The summed E-state index contributed by atoms with van der Waals surface area (Å²) in [5.41, 5.74) is 1.30. The van der Waals surface area contributed by atoms with Crippen LogP contribution < -0.4 is 5.32 Å². The first-order valence-electron chi connectivity index (χ1n) is 5.57. The number of hydrogen-bond acceptors (Lipinski definition) is 3. The summed E-state index contributed by atoms with van der Waals surface area (Å²) >= 11 is 1.58. The van der Waals surface area contributed by atoms with Crippen molar-refractivity contribution in [1.29, 1.82) is 0 Å². The maximum Gasteiger partial charge on any atom is 0.132 e. The first kappa shape index (κ1) is 12.2. The average molecular weight is 250 g/mol. The van der Waals surface area contributed by atoms with Crippen LogP contribution in [0.15, 0.2) is 29.6 Å². The van der Waals surface area contributed by atoms with Crippen molar-refractivity contribution in [2.75, 3.05) is 13.6 Å². The number of halogens is 1. The molecule has 0 amide bonds. The van der Waals surface area contributed by atoms with Crippen molar-refractivity contribution >= 4 is 11.3 Å². The molecule has 0 spiro atoms. The standard InChI is InChI=1S/C13H15FN2S/c1-9(7-15-2)13-16-12(8-17-13)10-5-3-4-6-11(10)14/h3-6,8-9,15H,7H2,1-2H3. The average Bonchev–Trinajstić information content (AvgIpc) is 2.79. The fourth-order valence-corrected chi connectivity index (χ4v) is 2.58. The summed E-state index contributed by atoms with van der Waals surface area (Å²) in [6.45, 7) is 2.99. The number of thiazole rings is 1. The van der Waals surface area contributed by atoms with E-state index in [0.29, 0.717) is 11.5 Å². The number of rotatable bonds is 4. The number of nitrogens with one attached hydrogen (secondary N) is 1. The number of likely N-dealkylation sites (N-methyl/N-ethyl adjacent to an activating group) is 1. The van der Waals surface area contributed by atoms with Crippen molar-refractivity contribution in [2.45, 2.75) is 12.8 Å². The van der Waals surface area contributed by atoms with Crippen LogP contribution in [0.2, 0.25) is 0 Å². The van der Waals surface area contributed by atoms with Crippen LogP contribution in [-0.4, -0.2) is 18.6 Å². The van der Waals surface area contributed by atoms with Gasteiger partial charge in [-0.25, -0.2) is 9.37 Å². The fraction of sp³-hybridized carbons (Fsp3) is 0.308. The lowest BCUT2D eigenvalue weighted by atomic mass is 10.1. The SMILES string of the molecule is CNCC(C)c1nc(-c2ccccc2F)cs1. The van der Waals surface area contributed by atoms with E-state index in [4.69, 9.17) is 0 Å². The summed E-state index contributed by atoms with van der Waals surface area (Å²) in [7, 11) is 1.92. The van der Waals surface area contributed by atoms with Gasteiger partial charge < -0.3 is 5.32 Å². The Balaban J connectivity index is 2.27. The van der Waals surface area contributed by atoms with Gasteiger partial charge in [0.25, 0.3) is 0 Å². The van der Waals surface area contributed by atoms with E-state index in [1.54, 1.807) is 23.5 Å². The molecule has 0 saturated heterocycles. The van der Waals surface area contributed by atoms with Gasteiger partial charge in [-0.15, -0.1) is 11.3 Å². The van der Waals surface area contributed by atoms with Gasteiger partial charge >= 0.3 is 0 Å². The van der Waals surface area contributed by atoms with Gasteiger partial charge in [-0.1, -0.05) is 19.1 Å². The lowest BCUT2D eigenvalue weighted by molar-refractivity contribution is 0.630. The summed E-state index contributed by atoms with van der Waals surface area (Å²) in [5.74, 6) is 0.135. The van der Waals surface area contributed by atoms with E-state index in [1.807, 2.05) is 18.5 Å². The van der Waals surface area contributed by atoms with Crippen molar-refractivity contribution < 1.29 is 4.39 Å². The van der Waals surface area contributed by atoms with Gasteiger partial charge in [-0.2, -0.15) is 0 Å². The summed E-state index contributed by atoms with van der Waals surface area (Å²) in [4.78, 5) is 4.50. The van der Waals surface area contributed by atoms with Gasteiger partial charge in [-0.3, -0.25) is 0 Å². The number of hydrogen-bond donors (Lipinski definition) is 1. The van der Waals surface area contributed by atoms with E-state index >= 15 is 0 Å². The highest BCUT2D eigenvalue weighted by molar-refractivity contribution is 7.10. The third-order valence-electron chi connectivity index (χ3n) is 2.60. The molecule has 0 saturated carbocycles. The minimum atomic E-state index is -0.217.